The smallest absolute Gasteiger partial charge is 0.337 e. The van der Waals surface area contributed by atoms with Gasteiger partial charge in [-0.05, 0) is 36.6 Å². The van der Waals surface area contributed by atoms with Gasteiger partial charge < -0.3 is 9.64 Å². The topological polar surface area (TPSA) is 29.5 Å². The van der Waals surface area contributed by atoms with Crippen LogP contribution < -0.4 is 4.90 Å². The Kier molecular flexibility index (Phi) is 4.61. The van der Waals surface area contributed by atoms with Gasteiger partial charge in [-0.1, -0.05) is 25.8 Å². The van der Waals surface area contributed by atoms with E-state index in [-0.39, 0.29) is 5.97 Å². The lowest BCUT2D eigenvalue weighted by Gasteiger charge is -2.26. The molecule has 3 heteroatoms. The minimum atomic E-state index is -0.269. The van der Waals surface area contributed by atoms with Crippen molar-refractivity contribution in [2.24, 2.45) is 0 Å². The molecule has 1 aliphatic heterocycles. The molecule has 0 aliphatic carbocycles. The quantitative estimate of drug-likeness (QED) is 0.598. The molecular formula is C16H21NO2. The van der Waals surface area contributed by atoms with E-state index in [2.05, 4.69) is 24.1 Å². The van der Waals surface area contributed by atoms with E-state index in [0.717, 1.165) is 13.0 Å². The summed E-state index contributed by atoms with van der Waals surface area (Å²) in [5.74, 6) is -0.269. The lowest BCUT2D eigenvalue weighted by atomic mass is 10.0. The maximum Gasteiger partial charge on any atom is 0.337 e. The molecule has 0 fully saturated rings. The first-order valence-corrected chi connectivity index (χ1v) is 6.90. The van der Waals surface area contributed by atoms with Crippen LogP contribution in [0.1, 0.15) is 42.1 Å². The third-order valence-electron chi connectivity index (χ3n) is 3.44. The van der Waals surface area contributed by atoms with Crippen molar-refractivity contribution in [2.75, 3.05) is 18.6 Å². The Morgan fingerprint density at radius 2 is 2.21 bits per heavy atom. The van der Waals surface area contributed by atoms with E-state index in [0.29, 0.717) is 5.56 Å². The number of benzene rings is 1. The van der Waals surface area contributed by atoms with E-state index in [1.807, 2.05) is 18.2 Å². The summed E-state index contributed by atoms with van der Waals surface area (Å²) < 4.78 is 4.76. The van der Waals surface area contributed by atoms with E-state index in [1.54, 1.807) is 0 Å². The Balaban J connectivity index is 2.16. The van der Waals surface area contributed by atoms with Crippen molar-refractivity contribution in [3.63, 3.8) is 0 Å². The van der Waals surface area contributed by atoms with Crippen LogP contribution in [0.2, 0.25) is 0 Å². The number of hydrogen-bond donors (Lipinski definition) is 0. The average molecular weight is 259 g/mol. The van der Waals surface area contributed by atoms with Gasteiger partial charge in [-0.15, -0.1) is 0 Å². The molecule has 2 rings (SSSR count). The summed E-state index contributed by atoms with van der Waals surface area (Å²) >= 11 is 0. The molecule has 3 nitrogen and oxygen atoms in total. The predicted octanol–water partition coefficient (Wildman–Crippen LogP) is 3.54. The Morgan fingerprint density at radius 1 is 1.37 bits per heavy atom. The molecule has 0 radical (unpaired) electrons. The summed E-state index contributed by atoms with van der Waals surface area (Å²) in [4.78, 5) is 13.8. The van der Waals surface area contributed by atoms with Crippen molar-refractivity contribution in [3.05, 3.63) is 41.6 Å². The normalized spacial score (nSPS) is 13.3. The van der Waals surface area contributed by atoms with Crippen LogP contribution in [0.15, 0.2) is 30.5 Å². The Bertz CT molecular complexity index is 480. The standard InChI is InChI=1S/C16H21NO2/c1-3-4-5-10-17-11-6-7-13-12-14(16(18)19-2)8-9-15(13)17/h6,8-9,11-12H,3-5,7,10H2,1-2H3. The SMILES string of the molecule is CCCCCN1C=CCc2cc(C(=O)OC)ccc21. The highest BCUT2D eigenvalue weighted by Gasteiger charge is 2.15. The molecule has 1 aliphatic rings. The first-order chi connectivity index (χ1) is 9.26. The fourth-order valence-corrected chi connectivity index (χ4v) is 2.39. The van der Waals surface area contributed by atoms with E-state index >= 15 is 0 Å². The van der Waals surface area contributed by atoms with Gasteiger partial charge in [-0.2, -0.15) is 0 Å². The van der Waals surface area contributed by atoms with Crippen LogP contribution in [0.4, 0.5) is 5.69 Å². The number of nitrogens with zero attached hydrogens (tertiary/aromatic N) is 1. The molecule has 1 heterocycles. The van der Waals surface area contributed by atoms with Crippen LogP contribution in [0.5, 0.6) is 0 Å². The molecule has 0 N–H and O–H groups in total. The average Bonchev–Trinajstić information content (AvgIpc) is 2.46. The molecule has 0 aromatic heterocycles. The number of carbonyl (C=O) groups is 1. The van der Waals surface area contributed by atoms with Crippen molar-refractivity contribution in [2.45, 2.75) is 32.6 Å². The van der Waals surface area contributed by atoms with Gasteiger partial charge in [0.15, 0.2) is 0 Å². The molecule has 19 heavy (non-hydrogen) atoms. The third kappa shape index (κ3) is 3.16. The maximum atomic E-state index is 11.5. The Hall–Kier alpha value is -1.77. The number of hydrogen-bond acceptors (Lipinski definition) is 3. The van der Waals surface area contributed by atoms with E-state index in [4.69, 9.17) is 4.74 Å². The molecule has 0 spiro atoms. The first kappa shape index (κ1) is 13.7. The molecule has 0 saturated carbocycles. The molecule has 0 saturated heterocycles. The number of esters is 1. The number of methoxy groups -OCH3 is 1. The number of unbranched alkanes of at least 4 members (excludes halogenated alkanes) is 2. The Morgan fingerprint density at radius 3 is 2.95 bits per heavy atom. The van der Waals surface area contributed by atoms with E-state index < -0.39 is 0 Å². The highest BCUT2D eigenvalue weighted by atomic mass is 16.5. The molecule has 102 valence electrons. The molecule has 0 atom stereocenters. The van der Waals surface area contributed by atoms with Crippen molar-refractivity contribution in [1.29, 1.82) is 0 Å². The maximum absolute atomic E-state index is 11.5. The molecule has 1 aromatic rings. The summed E-state index contributed by atoms with van der Waals surface area (Å²) in [6, 6.07) is 5.81. The number of anilines is 1. The highest BCUT2D eigenvalue weighted by molar-refractivity contribution is 5.90. The second kappa shape index (κ2) is 6.41. The van der Waals surface area contributed by atoms with Gasteiger partial charge in [0.25, 0.3) is 0 Å². The van der Waals surface area contributed by atoms with Crippen molar-refractivity contribution >= 4 is 11.7 Å². The molecule has 0 amide bonds. The van der Waals surface area contributed by atoms with Gasteiger partial charge in [-0.25, -0.2) is 4.79 Å². The number of allylic oxidation sites excluding steroid dienone is 1. The lowest BCUT2D eigenvalue weighted by Crippen LogP contribution is -2.21. The number of ether oxygens (including phenoxy) is 1. The van der Waals surface area contributed by atoms with Gasteiger partial charge in [0.1, 0.15) is 0 Å². The van der Waals surface area contributed by atoms with Gasteiger partial charge in [0, 0.05) is 18.4 Å². The van der Waals surface area contributed by atoms with Gasteiger partial charge in [-0.3, -0.25) is 0 Å². The number of rotatable bonds is 5. The third-order valence-corrected chi connectivity index (χ3v) is 3.44. The van der Waals surface area contributed by atoms with Gasteiger partial charge >= 0.3 is 5.97 Å². The molecule has 0 unspecified atom stereocenters. The highest BCUT2D eigenvalue weighted by Crippen LogP contribution is 2.27. The van der Waals surface area contributed by atoms with Crippen molar-refractivity contribution in [1.82, 2.24) is 0 Å². The fraction of sp³-hybridized carbons (Fsp3) is 0.438. The van der Waals surface area contributed by atoms with Gasteiger partial charge in [0.2, 0.25) is 0 Å². The van der Waals surface area contributed by atoms with Crippen LogP contribution in [-0.4, -0.2) is 19.6 Å². The molecule has 1 aromatic carbocycles. The summed E-state index contributed by atoms with van der Waals surface area (Å²) in [5, 5.41) is 0. The lowest BCUT2D eigenvalue weighted by molar-refractivity contribution is 0.0600. The van der Waals surface area contributed by atoms with E-state index in [9.17, 15) is 4.79 Å². The second-order valence-corrected chi connectivity index (χ2v) is 4.82. The van der Waals surface area contributed by atoms with Crippen LogP contribution in [-0.2, 0) is 11.2 Å². The first-order valence-electron chi connectivity index (χ1n) is 6.90. The summed E-state index contributed by atoms with van der Waals surface area (Å²) in [7, 11) is 1.42. The number of fused-ring (bicyclic) bond motifs is 1. The van der Waals surface area contributed by atoms with Crippen LogP contribution in [0.3, 0.4) is 0 Å². The minimum absolute atomic E-state index is 0.269. The van der Waals surface area contributed by atoms with Crippen molar-refractivity contribution < 1.29 is 9.53 Å². The largest absolute Gasteiger partial charge is 0.465 e. The number of carbonyl (C=O) groups excluding carboxylic acids is 1. The summed E-state index contributed by atoms with van der Waals surface area (Å²) in [6.07, 6.45) is 8.85. The van der Waals surface area contributed by atoms with Crippen LogP contribution in [0.25, 0.3) is 0 Å². The zero-order valence-electron chi connectivity index (χ0n) is 11.7. The Labute approximate surface area is 114 Å². The van der Waals surface area contributed by atoms with Gasteiger partial charge in [0.05, 0.1) is 12.7 Å². The predicted molar refractivity (Wildman–Crippen MR) is 77.5 cm³/mol. The summed E-state index contributed by atoms with van der Waals surface area (Å²) in [5.41, 5.74) is 3.04. The minimum Gasteiger partial charge on any atom is -0.465 e. The van der Waals surface area contributed by atoms with Crippen molar-refractivity contribution in [3.8, 4) is 0 Å². The second-order valence-electron chi connectivity index (χ2n) is 4.82. The van der Waals surface area contributed by atoms with Crippen LogP contribution in [0, 0.1) is 0 Å². The molecule has 0 bridgehead atoms. The zero-order chi connectivity index (χ0) is 13.7. The summed E-state index contributed by atoms with van der Waals surface area (Å²) in [6.45, 7) is 3.25. The molecular weight excluding hydrogens is 238 g/mol. The fourth-order valence-electron chi connectivity index (χ4n) is 2.39. The zero-order valence-corrected chi connectivity index (χ0v) is 11.7. The van der Waals surface area contributed by atoms with Crippen LogP contribution >= 0.6 is 0 Å². The van der Waals surface area contributed by atoms with E-state index in [1.165, 1.54) is 37.6 Å². The monoisotopic (exact) mass is 259 g/mol.